The van der Waals surface area contributed by atoms with Crippen LogP contribution in [0.3, 0.4) is 0 Å². The van der Waals surface area contributed by atoms with E-state index in [0.29, 0.717) is 0 Å². The lowest BCUT2D eigenvalue weighted by Crippen LogP contribution is -2.14. The Balaban J connectivity index is 3.01. The van der Waals surface area contributed by atoms with Crippen LogP contribution in [0.5, 0.6) is 0 Å². The largest absolute Gasteiger partial charge is 0.260 e. The quantitative estimate of drug-likeness (QED) is 0.677. The number of pyridine rings is 1. The van der Waals surface area contributed by atoms with Crippen LogP contribution in [0.1, 0.15) is 52.8 Å². The topological polar surface area (TPSA) is 12.9 Å². The third-order valence-corrected chi connectivity index (χ3v) is 2.79. The van der Waals surface area contributed by atoms with E-state index in [-0.39, 0.29) is 10.8 Å². The van der Waals surface area contributed by atoms with E-state index in [1.54, 1.807) is 0 Å². The first kappa shape index (κ1) is 13.0. The Bertz CT molecular complexity index is 371. The molecule has 1 aromatic heterocycles. The van der Waals surface area contributed by atoms with Crippen LogP contribution in [0, 0.1) is 5.41 Å². The molecule has 0 saturated heterocycles. The highest BCUT2D eigenvalue weighted by atomic mass is 14.7. The van der Waals surface area contributed by atoms with Crippen molar-refractivity contribution in [3.05, 3.63) is 36.2 Å². The lowest BCUT2D eigenvalue weighted by molar-refractivity contribution is 0.562. The van der Waals surface area contributed by atoms with Crippen LogP contribution in [0.25, 0.3) is 5.57 Å². The molecule has 0 bridgehead atoms. The van der Waals surface area contributed by atoms with Gasteiger partial charge in [0.25, 0.3) is 0 Å². The van der Waals surface area contributed by atoms with E-state index >= 15 is 0 Å². The number of aromatic nitrogens is 1. The summed E-state index contributed by atoms with van der Waals surface area (Å²) in [6.45, 7) is 17.2. The molecule has 0 N–H and O–H groups in total. The molecule has 88 valence electrons. The predicted octanol–water partition coefficient (Wildman–Crippen LogP) is 4.44. The number of hydrogen-bond acceptors (Lipinski definition) is 1. The predicted molar refractivity (Wildman–Crippen MR) is 71.4 cm³/mol. The molecular weight excluding hydrogens is 194 g/mol. The second-order valence-electron chi connectivity index (χ2n) is 6.41. The standard InChI is InChI=1S/C15H23N/c1-11(14(2,3)4)12-8-9-13(16-10-12)15(5,6)7/h8-10H,1H2,2-7H3. The molecule has 16 heavy (non-hydrogen) atoms. The summed E-state index contributed by atoms with van der Waals surface area (Å²) in [5.41, 5.74) is 3.62. The molecule has 0 aliphatic heterocycles. The molecule has 0 amide bonds. The lowest BCUT2D eigenvalue weighted by atomic mass is 9.83. The summed E-state index contributed by atoms with van der Waals surface area (Å²) in [6, 6.07) is 4.23. The zero-order valence-electron chi connectivity index (χ0n) is 11.4. The molecule has 0 aliphatic carbocycles. The SMILES string of the molecule is C=C(c1ccc(C(C)(C)C)nc1)C(C)(C)C. The Morgan fingerprint density at radius 2 is 1.62 bits per heavy atom. The smallest absolute Gasteiger partial charge is 0.0457 e. The minimum Gasteiger partial charge on any atom is -0.260 e. The molecule has 0 aliphatic rings. The molecular formula is C15H23N. The zero-order valence-corrected chi connectivity index (χ0v) is 11.4. The molecule has 0 radical (unpaired) electrons. The van der Waals surface area contributed by atoms with Gasteiger partial charge in [0.05, 0.1) is 0 Å². The fourth-order valence-electron chi connectivity index (χ4n) is 1.45. The summed E-state index contributed by atoms with van der Waals surface area (Å²) in [4.78, 5) is 4.52. The molecule has 0 fully saturated rings. The highest BCUT2D eigenvalue weighted by molar-refractivity contribution is 5.66. The molecule has 1 rings (SSSR count). The average molecular weight is 217 g/mol. The second-order valence-corrected chi connectivity index (χ2v) is 6.41. The summed E-state index contributed by atoms with van der Waals surface area (Å²) in [5.74, 6) is 0. The van der Waals surface area contributed by atoms with Crippen molar-refractivity contribution in [3.63, 3.8) is 0 Å². The van der Waals surface area contributed by atoms with Crippen LogP contribution in [0.15, 0.2) is 24.9 Å². The zero-order chi connectivity index (χ0) is 12.6. The van der Waals surface area contributed by atoms with Gasteiger partial charge in [-0.15, -0.1) is 0 Å². The minimum absolute atomic E-state index is 0.102. The van der Waals surface area contributed by atoms with Gasteiger partial charge >= 0.3 is 0 Å². The van der Waals surface area contributed by atoms with Crippen LogP contribution in [-0.2, 0) is 5.41 Å². The summed E-state index contributed by atoms with van der Waals surface area (Å²) in [7, 11) is 0. The van der Waals surface area contributed by atoms with E-state index in [1.165, 1.54) is 0 Å². The number of hydrogen-bond donors (Lipinski definition) is 0. The second kappa shape index (κ2) is 4.04. The van der Waals surface area contributed by atoms with E-state index in [9.17, 15) is 0 Å². The first-order valence-electron chi connectivity index (χ1n) is 5.78. The third kappa shape index (κ3) is 2.94. The summed E-state index contributed by atoms with van der Waals surface area (Å²) >= 11 is 0. The minimum atomic E-state index is 0.102. The van der Waals surface area contributed by atoms with Crippen molar-refractivity contribution in [1.82, 2.24) is 4.98 Å². The fourth-order valence-corrected chi connectivity index (χ4v) is 1.45. The van der Waals surface area contributed by atoms with Gasteiger partial charge in [0.15, 0.2) is 0 Å². The van der Waals surface area contributed by atoms with Crippen LogP contribution in [-0.4, -0.2) is 4.98 Å². The van der Waals surface area contributed by atoms with E-state index in [2.05, 4.69) is 65.2 Å². The first-order valence-corrected chi connectivity index (χ1v) is 5.78. The van der Waals surface area contributed by atoms with Gasteiger partial charge in [0.2, 0.25) is 0 Å². The third-order valence-electron chi connectivity index (χ3n) is 2.79. The van der Waals surface area contributed by atoms with Gasteiger partial charge < -0.3 is 0 Å². The van der Waals surface area contributed by atoms with Crippen LogP contribution in [0.2, 0.25) is 0 Å². The van der Waals surface area contributed by atoms with Crippen molar-refractivity contribution >= 4 is 5.57 Å². The van der Waals surface area contributed by atoms with Crippen molar-refractivity contribution in [1.29, 1.82) is 0 Å². The summed E-state index contributed by atoms with van der Waals surface area (Å²) in [5, 5.41) is 0. The monoisotopic (exact) mass is 217 g/mol. The maximum Gasteiger partial charge on any atom is 0.0457 e. The van der Waals surface area contributed by atoms with Gasteiger partial charge in [-0.05, 0) is 22.6 Å². The molecule has 0 spiro atoms. The number of allylic oxidation sites excluding steroid dienone is 1. The van der Waals surface area contributed by atoms with Crippen molar-refractivity contribution in [2.75, 3.05) is 0 Å². The van der Waals surface area contributed by atoms with Gasteiger partial charge in [-0.1, -0.05) is 54.2 Å². The van der Waals surface area contributed by atoms with E-state index < -0.39 is 0 Å². The van der Waals surface area contributed by atoms with Crippen LogP contribution in [0.4, 0.5) is 0 Å². The molecule has 1 aromatic rings. The molecule has 1 heteroatoms. The Labute approximate surface area is 99.6 Å². The van der Waals surface area contributed by atoms with E-state index in [1.807, 2.05) is 6.20 Å². The molecule has 1 nitrogen and oxygen atoms in total. The Kier molecular flexibility index (Phi) is 3.27. The molecule has 0 unspecified atom stereocenters. The molecule has 1 heterocycles. The van der Waals surface area contributed by atoms with E-state index in [0.717, 1.165) is 16.8 Å². The van der Waals surface area contributed by atoms with Crippen molar-refractivity contribution in [2.45, 2.75) is 47.0 Å². The van der Waals surface area contributed by atoms with Crippen molar-refractivity contribution < 1.29 is 0 Å². The van der Waals surface area contributed by atoms with Gasteiger partial charge in [-0.25, -0.2) is 0 Å². The highest BCUT2D eigenvalue weighted by Crippen LogP contribution is 2.32. The molecule has 0 aromatic carbocycles. The van der Waals surface area contributed by atoms with Crippen molar-refractivity contribution in [2.24, 2.45) is 5.41 Å². The van der Waals surface area contributed by atoms with Gasteiger partial charge in [-0.2, -0.15) is 0 Å². The normalized spacial score (nSPS) is 12.6. The van der Waals surface area contributed by atoms with Crippen molar-refractivity contribution in [3.8, 4) is 0 Å². The average Bonchev–Trinajstić information content (AvgIpc) is 2.14. The first-order chi connectivity index (χ1) is 7.12. The highest BCUT2D eigenvalue weighted by Gasteiger charge is 2.19. The van der Waals surface area contributed by atoms with Gasteiger partial charge in [0.1, 0.15) is 0 Å². The van der Waals surface area contributed by atoms with Crippen LogP contribution >= 0.6 is 0 Å². The van der Waals surface area contributed by atoms with Gasteiger partial charge in [0, 0.05) is 17.3 Å². The van der Waals surface area contributed by atoms with Crippen LogP contribution < -0.4 is 0 Å². The molecule has 0 saturated carbocycles. The maximum absolute atomic E-state index is 4.52. The summed E-state index contributed by atoms with van der Waals surface area (Å²) < 4.78 is 0. The maximum atomic E-state index is 4.52. The Morgan fingerprint density at radius 1 is 1.06 bits per heavy atom. The fraction of sp³-hybridized carbons (Fsp3) is 0.533. The Morgan fingerprint density at radius 3 is 1.94 bits per heavy atom. The van der Waals surface area contributed by atoms with E-state index in [4.69, 9.17) is 0 Å². The Hall–Kier alpha value is -1.11. The number of nitrogens with zero attached hydrogens (tertiary/aromatic N) is 1. The summed E-state index contributed by atoms with van der Waals surface area (Å²) in [6.07, 6.45) is 1.94. The molecule has 0 atom stereocenters. The lowest BCUT2D eigenvalue weighted by Gasteiger charge is -2.23. The number of rotatable bonds is 1. The van der Waals surface area contributed by atoms with Gasteiger partial charge in [-0.3, -0.25) is 4.98 Å².